The number of aryl methyl sites for hydroxylation is 1. The summed E-state index contributed by atoms with van der Waals surface area (Å²) >= 11 is 0. The molecule has 0 radical (unpaired) electrons. The maximum Gasteiger partial charge on any atom is 0.231 e. The summed E-state index contributed by atoms with van der Waals surface area (Å²) in [5.41, 5.74) is 4.40. The second-order valence-electron chi connectivity index (χ2n) is 7.86. The van der Waals surface area contributed by atoms with Crippen LogP contribution in [-0.2, 0) is 13.7 Å². The van der Waals surface area contributed by atoms with Crippen LogP contribution in [0.3, 0.4) is 0 Å². The number of hydrogen-bond acceptors (Lipinski definition) is 4. The smallest absolute Gasteiger partial charge is 0.231 e. The molecular formula is C27H23NO4. The van der Waals surface area contributed by atoms with Crippen LogP contribution < -0.4 is 14.2 Å². The molecule has 5 rings (SSSR count). The van der Waals surface area contributed by atoms with Gasteiger partial charge in [-0.25, -0.2) is 0 Å². The number of rotatable bonds is 5. The number of methoxy groups -OCH3 is 1. The standard InChI is InChI=1S/C27H23NO4/c1-17-24(31-16-18-7-5-4-6-8-18)12-10-21-26(29)25(32-27(17)21)13-19-15-28(2)23-11-9-20(30-3)14-22(19)23/h4-15H,16H2,1-3H3/b25-13-. The van der Waals surface area contributed by atoms with Gasteiger partial charge in [-0.1, -0.05) is 30.3 Å². The van der Waals surface area contributed by atoms with E-state index in [1.54, 1.807) is 19.3 Å². The third kappa shape index (κ3) is 3.42. The number of Topliss-reactive ketones (excluding diaryl/α,β-unsaturated/α-hetero) is 1. The van der Waals surface area contributed by atoms with Crippen LogP contribution in [0.2, 0.25) is 0 Å². The van der Waals surface area contributed by atoms with Crippen LogP contribution in [-0.4, -0.2) is 17.5 Å². The highest BCUT2D eigenvalue weighted by molar-refractivity contribution is 6.15. The minimum Gasteiger partial charge on any atom is -0.497 e. The predicted molar refractivity (Wildman–Crippen MR) is 124 cm³/mol. The number of ether oxygens (including phenoxy) is 3. The molecule has 0 fully saturated rings. The van der Waals surface area contributed by atoms with Crippen LogP contribution in [0.15, 0.2) is 72.6 Å². The highest BCUT2D eigenvalue weighted by atomic mass is 16.5. The highest BCUT2D eigenvalue weighted by Gasteiger charge is 2.30. The second-order valence-corrected chi connectivity index (χ2v) is 7.86. The minimum absolute atomic E-state index is 0.127. The number of allylic oxidation sites excluding steroid dienone is 1. The molecule has 0 amide bonds. The first-order valence-corrected chi connectivity index (χ1v) is 10.4. The Morgan fingerprint density at radius 3 is 2.66 bits per heavy atom. The normalized spacial score (nSPS) is 14.0. The lowest BCUT2D eigenvalue weighted by molar-refractivity contribution is 0.101. The van der Waals surface area contributed by atoms with Crippen LogP contribution >= 0.6 is 0 Å². The molecule has 0 atom stereocenters. The van der Waals surface area contributed by atoms with Crippen molar-refractivity contribution in [3.8, 4) is 17.2 Å². The first-order chi connectivity index (χ1) is 15.5. The van der Waals surface area contributed by atoms with E-state index >= 15 is 0 Å². The summed E-state index contributed by atoms with van der Waals surface area (Å²) < 4.78 is 19.4. The van der Waals surface area contributed by atoms with E-state index in [1.165, 1.54) is 0 Å². The molecule has 32 heavy (non-hydrogen) atoms. The Kier molecular flexibility index (Phi) is 4.94. The number of benzene rings is 3. The lowest BCUT2D eigenvalue weighted by atomic mass is 10.1. The van der Waals surface area contributed by atoms with E-state index in [0.29, 0.717) is 29.4 Å². The zero-order valence-corrected chi connectivity index (χ0v) is 18.2. The molecule has 5 nitrogen and oxygen atoms in total. The fraction of sp³-hybridized carbons (Fsp3) is 0.148. The van der Waals surface area contributed by atoms with Crippen molar-refractivity contribution in [3.05, 3.63) is 94.9 Å². The van der Waals surface area contributed by atoms with Crippen molar-refractivity contribution in [2.24, 2.45) is 7.05 Å². The van der Waals surface area contributed by atoms with Crippen molar-refractivity contribution in [3.63, 3.8) is 0 Å². The molecule has 3 aromatic carbocycles. The van der Waals surface area contributed by atoms with E-state index in [2.05, 4.69) is 0 Å². The zero-order chi connectivity index (χ0) is 22.2. The van der Waals surface area contributed by atoms with Crippen LogP contribution in [0.25, 0.3) is 17.0 Å². The molecule has 0 unspecified atom stereocenters. The Morgan fingerprint density at radius 1 is 1.06 bits per heavy atom. The van der Waals surface area contributed by atoms with Crippen LogP contribution in [0.5, 0.6) is 17.2 Å². The van der Waals surface area contributed by atoms with Gasteiger partial charge in [0.05, 0.1) is 12.7 Å². The Morgan fingerprint density at radius 2 is 1.88 bits per heavy atom. The zero-order valence-electron chi connectivity index (χ0n) is 18.2. The first kappa shape index (κ1) is 19.9. The maximum absolute atomic E-state index is 13.0. The lowest BCUT2D eigenvalue weighted by Crippen LogP contribution is -1.98. The van der Waals surface area contributed by atoms with Gasteiger partial charge in [0.25, 0.3) is 0 Å². The van der Waals surface area contributed by atoms with Gasteiger partial charge in [0.15, 0.2) is 5.76 Å². The van der Waals surface area contributed by atoms with E-state index in [9.17, 15) is 4.79 Å². The predicted octanol–water partition coefficient (Wildman–Crippen LogP) is 5.69. The van der Waals surface area contributed by atoms with E-state index < -0.39 is 0 Å². The molecule has 5 heteroatoms. The molecule has 160 valence electrons. The molecule has 2 heterocycles. The minimum atomic E-state index is -0.127. The number of ketones is 1. The first-order valence-electron chi connectivity index (χ1n) is 10.4. The highest BCUT2D eigenvalue weighted by Crippen LogP contribution is 2.40. The van der Waals surface area contributed by atoms with Crippen molar-refractivity contribution < 1.29 is 19.0 Å². The average Bonchev–Trinajstić information content (AvgIpc) is 3.30. The van der Waals surface area contributed by atoms with E-state index in [-0.39, 0.29) is 5.78 Å². The summed E-state index contributed by atoms with van der Waals surface area (Å²) in [5.74, 6) is 2.21. The van der Waals surface area contributed by atoms with Crippen molar-refractivity contribution in [2.75, 3.05) is 7.11 Å². The third-order valence-electron chi connectivity index (χ3n) is 5.79. The number of carbonyl (C=O) groups excluding carboxylic acids is 1. The van der Waals surface area contributed by atoms with Gasteiger partial charge in [0.1, 0.15) is 23.9 Å². The third-order valence-corrected chi connectivity index (χ3v) is 5.79. The Labute approximate surface area is 186 Å². The van der Waals surface area contributed by atoms with Gasteiger partial charge >= 0.3 is 0 Å². The topological polar surface area (TPSA) is 49.7 Å². The molecule has 0 saturated heterocycles. The van der Waals surface area contributed by atoms with Crippen molar-refractivity contribution in [2.45, 2.75) is 13.5 Å². The molecule has 4 aromatic rings. The van der Waals surface area contributed by atoms with Gasteiger partial charge in [-0.15, -0.1) is 0 Å². The number of nitrogens with zero attached hydrogens (tertiary/aromatic N) is 1. The number of hydrogen-bond donors (Lipinski definition) is 0. The molecule has 1 aliphatic rings. The molecule has 0 aliphatic carbocycles. The van der Waals surface area contributed by atoms with Gasteiger partial charge in [-0.2, -0.15) is 0 Å². The number of carbonyl (C=O) groups is 1. The van der Waals surface area contributed by atoms with Crippen molar-refractivity contribution in [1.82, 2.24) is 4.57 Å². The van der Waals surface area contributed by atoms with Crippen molar-refractivity contribution in [1.29, 1.82) is 0 Å². The fourth-order valence-electron chi connectivity index (χ4n) is 4.04. The average molecular weight is 425 g/mol. The Bertz CT molecular complexity index is 1370. The summed E-state index contributed by atoms with van der Waals surface area (Å²) in [4.78, 5) is 13.0. The summed E-state index contributed by atoms with van der Waals surface area (Å²) in [5, 5.41) is 0.996. The summed E-state index contributed by atoms with van der Waals surface area (Å²) in [7, 11) is 3.62. The number of aromatic nitrogens is 1. The van der Waals surface area contributed by atoms with Crippen LogP contribution in [0, 0.1) is 6.92 Å². The summed E-state index contributed by atoms with van der Waals surface area (Å²) in [6, 6.07) is 19.5. The SMILES string of the molecule is COc1ccc2c(c1)c(/C=C1\Oc3c(ccc(OCc4ccccc4)c3C)C1=O)cn2C. The quantitative estimate of drug-likeness (QED) is 0.386. The molecule has 0 bridgehead atoms. The molecule has 0 spiro atoms. The largest absolute Gasteiger partial charge is 0.497 e. The fourth-order valence-corrected chi connectivity index (χ4v) is 4.04. The van der Waals surface area contributed by atoms with E-state index in [1.807, 2.05) is 79.3 Å². The van der Waals surface area contributed by atoms with E-state index in [4.69, 9.17) is 14.2 Å². The van der Waals surface area contributed by atoms with Crippen LogP contribution in [0.4, 0.5) is 0 Å². The van der Waals surface area contributed by atoms with Gasteiger partial charge in [-0.05, 0) is 48.9 Å². The monoisotopic (exact) mass is 425 g/mol. The van der Waals surface area contributed by atoms with Gasteiger partial charge in [0, 0.05) is 35.3 Å². The van der Waals surface area contributed by atoms with Crippen LogP contribution in [0.1, 0.15) is 27.0 Å². The lowest BCUT2D eigenvalue weighted by Gasteiger charge is -2.11. The van der Waals surface area contributed by atoms with Gasteiger partial charge in [0.2, 0.25) is 5.78 Å². The molecule has 1 aromatic heterocycles. The van der Waals surface area contributed by atoms with Gasteiger partial charge in [-0.3, -0.25) is 4.79 Å². The summed E-state index contributed by atoms with van der Waals surface area (Å²) in [6.45, 7) is 2.37. The second kappa shape index (κ2) is 7.93. The Balaban J connectivity index is 1.46. The molecular weight excluding hydrogens is 402 g/mol. The van der Waals surface area contributed by atoms with Crippen molar-refractivity contribution >= 4 is 22.8 Å². The van der Waals surface area contributed by atoms with Gasteiger partial charge < -0.3 is 18.8 Å². The number of fused-ring (bicyclic) bond motifs is 2. The maximum atomic E-state index is 13.0. The van der Waals surface area contributed by atoms with E-state index in [0.717, 1.165) is 33.3 Å². The molecule has 0 saturated carbocycles. The Hall–Kier alpha value is -3.99. The molecule has 0 N–H and O–H groups in total. The molecule has 1 aliphatic heterocycles. The summed E-state index contributed by atoms with van der Waals surface area (Å²) in [6.07, 6.45) is 3.78.